The topological polar surface area (TPSA) is 6.48 Å². The summed E-state index contributed by atoms with van der Waals surface area (Å²) in [5, 5.41) is 0.816. The summed E-state index contributed by atoms with van der Waals surface area (Å²) in [4.78, 5) is 4.69. The van der Waals surface area contributed by atoms with Crippen LogP contribution in [0.1, 0.15) is 17.5 Å². The molecular weight excluding hydrogens is 327 g/mol. The minimum atomic E-state index is 0. The fourth-order valence-electron chi connectivity index (χ4n) is 3.17. The van der Waals surface area contributed by atoms with Crippen molar-refractivity contribution in [2.75, 3.05) is 32.1 Å². The van der Waals surface area contributed by atoms with Gasteiger partial charge in [0.2, 0.25) is 0 Å². The second-order valence-electron chi connectivity index (χ2n) is 6.21. The van der Waals surface area contributed by atoms with E-state index in [2.05, 4.69) is 60.3 Å². The fraction of sp³-hybridized carbons (Fsp3) is 0.368. The first-order valence-electron chi connectivity index (χ1n) is 7.94. The van der Waals surface area contributed by atoms with E-state index in [0.29, 0.717) is 0 Å². The predicted octanol–water partition coefficient (Wildman–Crippen LogP) is 1.53. The molecule has 23 heavy (non-hydrogen) atoms. The molecule has 0 radical (unpaired) electrons. The molecular formula is C19H23Cl2N2-. The number of para-hydroxylation sites is 1. The van der Waals surface area contributed by atoms with Gasteiger partial charge in [0.1, 0.15) is 0 Å². The van der Waals surface area contributed by atoms with E-state index < -0.39 is 0 Å². The quantitative estimate of drug-likeness (QED) is 0.825. The van der Waals surface area contributed by atoms with Crippen molar-refractivity contribution in [1.29, 1.82) is 0 Å². The van der Waals surface area contributed by atoms with Crippen LogP contribution in [0, 0.1) is 0 Å². The van der Waals surface area contributed by atoms with Gasteiger partial charge in [0.05, 0.1) is 0 Å². The Morgan fingerprint density at radius 3 is 2.43 bits per heavy atom. The maximum Gasteiger partial charge on any atom is 0.0458 e. The summed E-state index contributed by atoms with van der Waals surface area (Å²) in [5.74, 6) is 0. The van der Waals surface area contributed by atoms with Crippen molar-refractivity contribution in [3.63, 3.8) is 0 Å². The molecule has 2 aromatic carbocycles. The number of anilines is 2. The number of rotatable bonds is 4. The average molecular weight is 350 g/mol. The minimum Gasteiger partial charge on any atom is -1.00 e. The first kappa shape index (κ1) is 18.1. The molecule has 0 saturated heterocycles. The van der Waals surface area contributed by atoms with Gasteiger partial charge >= 0.3 is 0 Å². The van der Waals surface area contributed by atoms with E-state index in [-0.39, 0.29) is 12.4 Å². The predicted molar refractivity (Wildman–Crippen MR) is 95.5 cm³/mol. The second-order valence-corrected chi connectivity index (χ2v) is 6.65. The van der Waals surface area contributed by atoms with Crippen LogP contribution in [0.3, 0.4) is 0 Å². The van der Waals surface area contributed by atoms with Gasteiger partial charge in [0.25, 0.3) is 0 Å². The van der Waals surface area contributed by atoms with E-state index in [1.807, 2.05) is 6.07 Å². The van der Waals surface area contributed by atoms with Crippen LogP contribution in [-0.2, 0) is 12.8 Å². The van der Waals surface area contributed by atoms with Gasteiger partial charge in [-0.25, -0.2) is 0 Å². The summed E-state index contributed by atoms with van der Waals surface area (Å²) >= 11 is 6.27. The van der Waals surface area contributed by atoms with Crippen LogP contribution in [0.5, 0.6) is 0 Å². The minimum absolute atomic E-state index is 0. The molecule has 2 nitrogen and oxygen atoms in total. The molecule has 0 aliphatic carbocycles. The van der Waals surface area contributed by atoms with Crippen LogP contribution in [0.4, 0.5) is 11.4 Å². The summed E-state index contributed by atoms with van der Waals surface area (Å²) in [7, 11) is 4.25. The lowest BCUT2D eigenvalue weighted by molar-refractivity contribution is -0.00000440. The van der Waals surface area contributed by atoms with Crippen molar-refractivity contribution >= 4 is 23.0 Å². The van der Waals surface area contributed by atoms with Crippen molar-refractivity contribution in [3.05, 3.63) is 58.6 Å². The zero-order valence-electron chi connectivity index (χ0n) is 13.7. The number of hydrogen-bond donors (Lipinski definition) is 0. The number of benzene rings is 2. The molecule has 0 fully saturated rings. The van der Waals surface area contributed by atoms with Gasteiger partial charge in [-0.15, -0.1) is 0 Å². The van der Waals surface area contributed by atoms with Crippen molar-refractivity contribution in [1.82, 2.24) is 4.90 Å². The molecule has 4 heteroatoms. The molecule has 0 atom stereocenters. The van der Waals surface area contributed by atoms with Gasteiger partial charge in [-0.3, -0.25) is 0 Å². The third-order valence-electron chi connectivity index (χ3n) is 4.27. The second kappa shape index (κ2) is 8.05. The zero-order valence-corrected chi connectivity index (χ0v) is 15.2. The van der Waals surface area contributed by atoms with Gasteiger partial charge < -0.3 is 22.2 Å². The lowest BCUT2D eigenvalue weighted by Crippen LogP contribution is -3.00. The Balaban J connectivity index is 0.00000192. The zero-order chi connectivity index (χ0) is 15.5. The Morgan fingerprint density at radius 1 is 1.00 bits per heavy atom. The molecule has 0 bridgehead atoms. The monoisotopic (exact) mass is 349 g/mol. The van der Waals surface area contributed by atoms with Crippen LogP contribution in [-0.4, -0.2) is 32.1 Å². The summed E-state index contributed by atoms with van der Waals surface area (Å²) in [6.07, 6.45) is 3.30. The Kier molecular flexibility index (Phi) is 6.34. The number of hydrogen-bond acceptors (Lipinski definition) is 2. The highest BCUT2D eigenvalue weighted by atomic mass is 35.5. The normalized spacial score (nSPS) is 13.1. The molecule has 2 aromatic rings. The Bertz CT molecular complexity index is 656. The standard InChI is InChI=1S/C19H23ClN2.ClH/c1-21(2)12-5-13-22-18-7-4-3-6-15(18)8-9-16-10-11-17(20)14-19(16)22;/h3-4,6-7,10-11,14H,5,8-9,12-13H2,1-2H3;1H/p-1. The molecule has 124 valence electrons. The largest absolute Gasteiger partial charge is 1.00 e. The third-order valence-corrected chi connectivity index (χ3v) is 4.51. The van der Waals surface area contributed by atoms with E-state index in [4.69, 9.17) is 11.6 Å². The number of fused-ring (bicyclic) bond motifs is 2. The van der Waals surface area contributed by atoms with E-state index in [0.717, 1.165) is 37.4 Å². The van der Waals surface area contributed by atoms with Crippen LogP contribution >= 0.6 is 11.6 Å². The summed E-state index contributed by atoms with van der Waals surface area (Å²) < 4.78 is 0. The molecule has 1 heterocycles. The van der Waals surface area contributed by atoms with Crippen LogP contribution < -0.4 is 17.3 Å². The van der Waals surface area contributed by atoms with Gasteiger partial charge in [0, 0.05) is 22.9 Å². The smallest absolute Gasteiger partial charge is 0.0458 e. The summed E-state index contributed by atoms with van der Waals surface area (Å²) in [6, 6.07) is 15.1. The Labute approximate surface area is 150 Å². The highest BCUT2D eigenvalue weighted by molar-refractivity contribution is 6.30. The lowest BCUT2D eigenvalue weighted by atomic mass is 10.0. The van der Waals surface area contributed by atoms with Gasteiger partial charge in [-0.1, -0.05) is 35.9 Å². The molecule has 0 amide bonds. The molecule has 0 aromatic heterocycles. The van der Waals surface area contributed by atoms with Crippen LogP contribution in [0.25, 0.3) is 0 Å². The maximum absolute atomic E-state index is 6.27. The van der Waals surface area contributed by atoms with E-state index in [9.17, 15) is 0 Å². The molecule has 0 unspecified atom stereocenters. The maximum atomic E-state index is 6.27. The molecule has 0 spiro atoms. The highest BCUT2D eigenvalue weighted by Gasteiger charge is 2.20. The number of aryl methyl sites for hydroxylation is 2. The first-order chi connectivity index (χ1) is 10.6. The average Bonchev–Trinajstić information content (AvgIpc) is 2.65. The van der Waals surface area contributed by atoms with Crippen molar-refractivity contribution in [3.8, 4) is 0 Å². The summed E-state index contributed by atoms with van der Waals surface area (Å²) in [6.45, 7) is 2.11. The van der Waals surface area contributed by atoms with Crippen LogP contribution in [0.15, 0.2) is 42.5 Å². The van der Waals surface area contributed by atoms with Gasteiger partial charge in [-0.05, 0) is 69.2 Å². The van der Waals surface area contributed by atoms with E-state index >= 15 is 0 Å². The molecule has 0 saturated carbocycles. The summed E-state index contributed by atoms with van der Waals surface area (Å²) in [5.41, 5.74) is 5.43. The van der Waals surface area contributed by atoms with Gasteiger partial charge in [-0.2, -0.15) is 0 Å². The fourth-order valence-corrected chi connectivity index (χ4v) is 3.34. The molecule has 1 aliphatic rings. The van der Waals surface area contributed by atoms with Crippen molar-refractivity contribution in [2.45, 2.75) is 19.3 Å². The number of nitrogens with zero attached hydrogens (tertiary/aromatic N) is 2. The van der Waals surface area contributed by atoms with Crippen molar-refractivity contribution < 1.29 is 12.4 Å². The molecule has 3 rings (SSSR count). The number of halogens is 2. The van der Waals surface area contributed by atoms with E-state index in [1.54, 1.807) is 0 Å². The van der Waals surface area contributed by atoms with E-state index in [1.165, 1.54) is 22.5 Å². The SMILES string of the molecule is CN(C)CCCN1c2ccccc2CCc2ccc(Cl)cc21.[Cl-]. The Hall–Kier alpha value is -1.22. The molecule has 1 aliphatic heterocycles. The Morgan fingerprint density at radius 2 is 1.70 bits per heavy atom. The van der Waals surface area contributed by atoms with Gasteiger partial charge in [0.15, 0.2) is 0 Å². The third kappa shape index (κ3) is 4.20. The van der Waals surface area contributed by atoms with Crippen molar-refractivity contribution in [2.24, 2.45) is 0 Å². The van der Waals surface area contributed by atoms with Crippen LogP contribution in [0.2, 0.25) is 5.02 Å². The highest BCUT2D eigenvalue weighted by Crippen LogP contribution is 2.37. The first-order valence-corrected chi connectivity index (χ1v) is 8.31. The lowest BCUT2D eigenvalue weighted by Gasteiger charge is -2.27. The molecule has 0 N–H and O–H groups in total.